The average molecular weight is 388 g/mol. The molecule has 4 nitrogen and oxygen atoms in total. The SMILES string of the molecule is CCOC(=O)c1c(NC(=O)CCc2ccc(C(C)(C)C)cc2)sc(C)c1C. The zero-order valence-electron chi connectivity index (χ0n) is 17.1. The van der Waals surface area contributed by atoms with Crippen LogP contribution in [0.15, 0.2) is 24.3 Å². The summed E-state index contributed by atoms with van der Waals surface area (Å²) in [6.45, 7) is 12.4. The lowest BCUT2D eigenvalue weighted by molar-refractivity contribution is -0.116. The number of hydrogen-bond acceptors (Lipinski definition) is 4. The summed E-state index contributed by atoms with van der Waals surface area (Å²) in [5.74, 6) is -0.478. The van der Waals surface area contributed by atoms with Gasteiger partial charge in [0.05, 0.1) is 12.2 Å². The molecule has 1 N–H and O–H groups in total. The van der Waals surface area contributed by atoms with Gasteiger partial charge in [-0.3, -0.25) is 4.79 Å². The second-order valence-electron chi connectivity index (χ2n) is 7.70. The molecule has 0 atom stereocenters. The van der Waals surface area contributed by atoms with E-state index in [-0.39, 0.29) is 17.3 Å². The molecule has 0 bridgehead atoms. The van der Waals surface area contributed by atoms with Crippen LogP contribution in [0.25, 0.3) is 0 Å². The number of carbonyl (C=O) groups is 2. The lowest BCUT2D eigenvalue weighted by Gasteiger charge is -2.19. The van der Waals surface area contributed by atoms with E-state index in [0.717, 1.165) is 16.0 Å². The smallest absolute Gasteiger partial charge is 0.341 e. The molecule has 27 heavy (non-hydrogen) atoms. The Hall–Kier alpha value is -2.14. The molecule has 0 aliphatic heterocycles. The van der Waals surface area contributed by atoms with Crippen LogP contribution in [0.3, 0.4) is 0 Å². The first-order valence-corrected chi connectivity index (χ1v) is 10.1. The molecule has 0 unspecified atom stereocenters. The lowest BCUT2D eigenvalue weighted by atomic mass is 9.86. The molecule has 2 aromatic rings. The molecule has 0 aliphatic rings. The van der Waals surface area contributed by atoms with Crippen molar-refractivity contribution in [3.63, 3.8) is 0 Å². The second kappa shape index (κ2) is 8.70. The quantitative estimate of drug-likeness (QED) is 0.674. The second-order valence-corrected chi connectivity index (χ2v) is 8.93. The molecule has 0 spiro atoms. The number of nitrogens with one attached hydrogen (secondary N) is 1. The van der Waals surface area contributed by atoms with Gasteiger partial charge in [-0.1, -0.05) is 45.0 Å². The Morgan fingerprint density at radius 3 is 2.30 bits per heavy atom. The van der Waals surface area contributed by atoms with Crippen molar-refractivity contribution in [2.24, 2.45) is 0 Å². The topological polar surface area (TPSA) is 55.4 Å². The van der Waals surface area contributed by atoms with E-state index >= 15 is 0 Å². The van der Waals surface area contributed by atoms with Crippen molar-refractivity contribution in [2.75, 3.05) is 11.9 Å². The fourth-order valence-electron chi connectivity index (χ4n) is 2.78. The molecule has 1 amide bonds. The van der Waals surface area contributed by atoms with Gasteiger partial charge >= 0.3 is 5.97 Å². The number of ether oxygens (including phenoxy) is 1. The number of rotatable bonds is 6. The van der Waals surface area contributed by atoms with E-state index in [0.29, 0.717) is 30.0 Å². The Kier molecular flexibility index (Phi) is 6.82. The highest BCUT2D eigenvalue weighted by molar-refractivity contribution is 7.16. The largest absolute Gasteiger partial charge is 0.462 e. The molecular weight excluding hydrogens is 358 g/mol. The molecule has 0 fully saturated rings. The Balaban J connectivity index is 2.02. The van der Waals surface area contributed by atoms with Crippen LogP contribution in [0.2, 0.25) is 0 Å². The van der Waals surface area contributed by atoms with Crippen LogP contribution in [-0.4, -0.2) is 18.5 Å². The summed E-state index contributed by atoms with van der Waals surface area (Å²) in [6, 6.07) is 8.41. The maximum absolute atomic E-state index is 12.4. The van der Waals surface area contributed by atoms with Crippen LogP contribution >= 0.6 is 11.3 Å². The zero-order chi connectivity index (χ0) is 20.2. The molecule has 0 radical (unpaired) electrons. The van der Waals surface area contributed by atoms with E-state index < -0.39 is 0 Å². The van der Waals surface area contributed by atoms with Crippen molar-refractivity contribution in [2.45, 2.75) is 59.8 Å². The molecule has 2 rings (SSSR count). The van der Waals surface area contributed by atoms with Crippen LogP contribution in [-0.2, 0) is 21.4 Å². The van der Waals surface area contributed by atoms with Crippen LogP contribution < -0.4 is 5.32 Å². The Labute approximate surface area is 165 Å². The number of anilines is 1. The van der Waals surface area contributed by atoms with Crippen molar-refractivity contribution in [3.8, 4) is 0 Å². The van der Waals surface area contributed by atoms with Gasteiger partial charge in [-0.2, -0.15) is 0 Å². The van der Waals surface area contributed by atoms with Crippen molar-refractivity contribution < 1.29 is 14.3 Å². The number of aryl methyl sites for hydroxylation is 2. The summed E-state index contributed by atoms with van der Waals surface area (Å²) in [5.41, 5.74) is 3.87. The summed E-state index contributed by atoms with van der Waals surface area (Å²) in [6.07, 6.45) is 1.03. The number of thiophene rings is 1. The number of amides is 1. The van der Waals surface area contributed by atoms with E-state index in [9.17, 15) is 9.59 Å². The van der Waals surface area contributed by atoms with Gasteiger partial charge in [0.2, 0.25) is 5.91 Å². The van der Waals surface area contributed by atoms with Gasteiger partial charge < -0.3 is 10.1 Å². The summed E-state index contributed by atoms with van der Waals surface area (Å²) in [4.78, 5) is 25.6. The van der Waals surface area contributed by atoms with Crippen LogP contribution in [0.4, 0.5) is 5.00 Å². The molecule has 1 aromatic heterocycles. The van der Waals surface area contributed by atoms with Gasteiger partial charge in [0, 0.05) is 11.3 Å². The summed E-state index contributed by atoms with van der Waals surface area (Å²) < 4.78 is 5.13. The van der Waals surface area contributed by atoms with Crippen LogP contribution in [0, 0.1) is 13.8 Å². The van der Waals surface area contributed by atoms with Crippen molar-refractivity contribution in [1.29, 1.82) is 0 Å². The van der Waals surface area contributed by atoms with Gasteiger partial charge in [0.1, 0.15) is 5.00 Å². The standard InChI is InChI=1S/C22H29NO3S/c1-7-26-21(25)19-14(2)15(3)27-20(19)23-18(24)13-10-16-8-11-17(12-9-16)22(4,5)6/h8-9,11-12H,7,10,13H2,1-6H3,(H,23,24). The van der Waals surface area contributed by atoms with Crippen LogP contribution in [0.5, 0.6) is 0 Å². The van der Waals surface area contributed by atoms with Gasteiger partial charge in [-0.05, 0) is 49.3 Å². The normalized spacial score (nSPS) is 11.3. The predicted octanol–water partition coefficient (Wildman–Crippen LogP) is 5.41. The van der Waals surface area contributed by atoms with Crippen molar-refractivity contribution in [1.82, 2.24) is 0 Å². The molecule has 0 saturated carbocycles. The molecule has 146 valence electrons. The highest BCUT2D eigenvalue weighted by atomic mass is 32.1. The zero-order valence-corrected chi connectivity index (χ0v) is 17.9. The fraction of sp³-hybridized carbons (Fsp3) is 0.455. The minimum atomic E-state index is -0.382. The van der Waals surface area contributed by atoms with E-state index in [2.05, 4.69) is 50.4 Å². The van der Waals surface area contributed by atoms with E-state index in [1.165, 1.54) is 16.9 Å². The maximum atomic E-state index is 12.4. The first-order chi connectivity index (χ1) is 12.6. The van der Waals surface area contributed by atoms with Gasteiger partial charge in [0.15, 0.2) is 0 Å². The predicted molar refractivity (Wildman–Crippen MR) is 112 cm³/mol. The minimum Gasteiger partial charge on any atom is -0.462 e. The molecule has 1 heterocycles. The number of benzene rings is 1. The Bertz CT molecular complexity index is 813. The lowest BCUT2D eigenvalue weighted by Crippen LogP contribution is -2.15. The monoisotopic (exact) mass is 387 g/mol. The molecule has 5 heteroatoms. The molecule has 0 aliphatic carbocycles. The average Bonchev–Trinajstić information content (AvgIpc) is 2.86. The minimum absolute atomic E-state index is 0.0957. The van der Waals surface area contributed by atoms with Gasteiger partial charge in [0.25, 0.3) is 0 Å². The Morgan fingerprint density at radius 1 is 1.11 bits per heavy atom. The highest BCUT2D eigenvalue weighted by Gasteiger charge is 2.22. The molecule has 0 saturated heterocycles. The van der Waals surface area contributed by atoms with E-state index in [1.807, 2.05) is 13.8 Å². The molecule has 1 aromatic carbocycles. The summed E-state index contributed by atoms with van der Waals surface area (Å²) >= 11 is 1.42. The molecular formula is C22H29NO3S. The summed E-state index contributed by atoms with van der Waals surface area (Å²) in [5, 5.41) is 3.48. The number of carbonyl (C=O) groups excluding carboxylic acids is 2. The maximum Gasteiger partial charge on any atom is 0.341 e. The summed E-state index contributed by atoms with van der Waals surface area (Å²) in [7, 11) is 0. The van der Waals surface area contributed by atoms with Crippen molar-refractivity contribution >= 4 is 28.2 Å². The Morgan fingerprint density at radius 2 is 1.74 bits per heavy atom. The first kappa shape index (κ1) is 21.2. The highest BCUT2D eigenvalue weighted by Crippen LogP contribution is 2.33. The van der Waals surface area contributed by atoms with Gasteiger partial charge in [-0.15, -0.1) is 11.3 Å². The third-order valence-corrected chi connectivity index (χ3v) is 5.70. The third kappa shape index (κ3) is 5.42. The fourth-order valence-corrected chi connectivity index (χ4v) is 3.85. The van der Waals surface area contributed by atoms with E-state index in [4.69, 9.17) is 4.74 Å². The number of esters is 1. The number of hydrogen-bond donors (Lipinski definition) is 1. The van der Waals surface area contributed by atoms with Crippen LogP contribution in [0.1, 0.15) is 66.0 Å². The first-order valence-electron chi connectivity index (χ1n) is 9.29. The van der Waals surface area contributed by atoms with Gasteiger partial charge in [-0.25, -0.2) is 4.79 Å². The van der Waals surface area contributed by atoms with E-state index in [1.54, 1.807) is 6.92 Å². The van der Waals surface area contributed by atoms with Crippen molar-refractivity contribution in [3.05, 3.63) is 51.4 Å². The third-order valence-electron chi connectivity index (χ3n) is 4.58.